The SMILES string of the molecule is CC1=C/C(=N/OC(=O)c2cccc(C)c2)C(C)=CC1=O. The van der Waals surface area contributed by atoms with Crippen molar-refractivity contribution < 1.29 is 14.4 Å². The smallest absolute Gasteiger partial charge is 0.312 e. The van der Waals surface area contributed by atoms with E-state index in [1.165, 1.54) is 6.08 Å². The van der Waals surface area contributed by atoms with Crippen molar-refractivity contribution in [2.24, 2.45) is 5.16 Å². The van der Waals surface area contributed by atoms with Crippen LogP contribution in [0.1, 0.15) is 29.8 Å². The van der Waals surface area contributed by atoms with Gasteiger partial charge in [0.2, 0.25) is 0 Å². The molecule has 1 aromatic carbocycles. The van der Waals surface area contributed by atoms with Crippen molar-refractivity contribution in [1.82, 2.24) is 0 Å². The van der Waals surface area contributed by atoms with Gasteiger partial charge in [-0.15, -0.1) is 0 Å². The number of allylic oxidation sites excluding steroid dienone is 4. The van der Waals surface area contributed by atoms with E-state index in [-0.39, 0.29) is 5.78 Å². The second-order valence-electron chi connectivity index (χ2n) is 4.74. The zero-order valence-corrected chi connectivity index (χ0v) is 11.6. The van der Waals surface area contributed by atoms with Crippen molar-refractivity contribution in [3.05, 3.63) is 58.7 Å². The standard InChI is InChI=1S/C16H15NO3/c1-10-5-4-6-13(7-10)16(19)20-17-14-8-12(3)15(18)9-11(14)2/h4-9H,1-3H3/b17-14-. The van der Waals surface area contributed by atoms with E-state index in [1.54, 1.807) is 38.1 Å². The topological polar surface area (TPSA) is 55.7 Å². The summed E-state index contributed by atoms with van der Waals surface area (Å²) in [4.78, 5) is 28.2. The summed E-state index contributed by atoms with van der Waals surface area (Å²) in [7, 11) is 0. The van der Waals surface area contributed by atoms with Gasteiger partial charge in [0, 0.05) is 0 Å². The number of hydrogen-bond donors (Lipinski definition) is 0. The Morgan fingerprint density at radius 3 is 2.55 bits per heavy atom. The van der Waals surface area contributed by atoms with Crippen molar-refractivity contribution in [3.63, 3.8) is 0 Å². The largest absolute Gasteiger partial charge is 0.365 e. The molecule has 0 radical (unpaired) electrons. The van der Waals surface area contributed by atoms with Gasteiger partial charge >= 0.3 is 5.97 Å². The summed E-state index contributed by atoms with van der Waals surface area (Å²) in [5.41, 5.74) is 3.16. The molecule has 0 spiro atoms. The maximum absolute atomic E-state index is 11.9. The van der Waals surface area contributed by atoms with Crippen LogP contribution < -0.4 is 0 Å². The van der Waals surface area contributed by atoms with E-state index < -0.39 is 5.97 Å². The molecule has 1 aromatic rings. The summed E-state index contributed by atoms with van der Waals surface area (Å²) in [5, 5.41) is 3.83. The van der Waals surface area contributed by atoms with Gasteiger partial charge in [0.1, 0.15) is 5.71 Å². The van der Waals surface area contributed by atoms with E-state index in [1.807, 2.05) is 13.0 Å². The van der Waals surface area contributed by atoms with Crippen LogP contribution in [0.4, 0.5) is 0 Å². The number of carbonyl (C=O) groups is 2. The molecule has 0 fully saturated rings. The third-order valence-corrected chi connectivity index (χ3v) is 2.97. The van der Waals surface area contributed by atoms with Crippen LogP contribution in [0.3, 0.4) is 0 Å². The van der Waals surface area contributed by atoms with Crippen LogP contribution in [-0.2, 0) is 9.63 Å². The molecule has 0 bridgehead atoms. The Morgan fingerprint density at radius 1 is 1.10 bits per heavy atom. The van der Waals surface area contributed by atoms with Gasteiger partial charge in [0.05, 0.1) is 5.56 Å². The average Bonchev–Trinajstić information content (AvgIpc) is 2.41. The van der Waals surface area contributed by atoms with Gasteiger partial charge < -0.3 is 4.84 Å². The Labute approximate surface area is 117 Å². The third-order valence-electron chi connectivity index (χ3n) is 2.97. The summed E-state index contributed by atoms with van der Waals surface area (Å²) in [6, 6.07) is 7.09. The molecular formula is C16H15NO3. The number of benzene rings is 1. The second kappa shape index (κ2) is 5.65. The molecule has 0 saturated heterocycles. The molecular weight excluding hydrogens is 254 g/mol. The normalized spacial score (nSPS) is 16.8. The van der Waals surface area contributed by atoms with E-state index in [9.17, 15) is 9.59 Å². The first kappa shape index (κ1) is 13.9. The fraction of sp³-hybridized carbons (Fsp3) is 0.188. The first-order chi connectivity index (χ1) is 9.47. The van der Waals surface area contributed by atoms with E-state index in [0.717, 1.165) is 5.56 Å². The fourth-order valence-corrected chi connectivity index (χ4v) is 1.79. The number of hydrogen-bond acceptors (Lipinski definition) is 4. The first-order valence-corrected chi connectivity index (χ1v) is 6.24. The highest BCUT2D eigenvalue weighted by Gasteiger charge is 2.14. The summed E-state index contributed by atoms with van der Waals surface area (Å²) in [6.07, 6.45) is 3.09. The molecule has 0 heterocycles. The van der Waals surface area contributed by atoms with Gasteiger partial charge in [-0.2, -0.15) is 0 Å². The lowest BCUT2D eigenvalue weighted by Gasteiger charge is -2.08. The lowest BCUT2D eigenvalue weighted by atomic mass is 9.99. The summed E-state index contributed by atoms with van der Waals surface area (Å²) >= 11 is 0. The van der Waals surface area contributed by atoms with Gasteiger partial charge in [0.15, 0.2) is 5.78 Å². The van der Waals surface area contributed by atoms with E-state index in [4.69, 9.17) is 4.84 Å². The van der Waals surface area contributed by atoms with Crippen LogP contribution in [0.2, 0.25) is 0 Å². The Hall–Kier alpha value is -2.49. The lowest BCUT2D eigenvalue weighted by Crippen LogP contribution is -2.11. The molecule has 0 aliphatic heterocycles. The molecule has 0 unspecified atom stereocenters. The molecule has 2 rings (SSSR count). The number of oxime groups is 1. The Morgan fingerprint density at radius 2 is 1.85 bits per heavy atom. The average molecular weight is 269 g/mol. The molecule has 1 aliphatic rings. The molecule has 0 aromatic heterocycles. The number of nitrogens with zero attached hydrogens (tertiary/aromatic N) is 1. The molecule has 4 nitrogen and oxygen atoms in total. The van der Waals surface area contributed by atoms with Gasteiger partial charge in [-0.1, -0.05) is 22.9 Å². The van der Waals surface area contributed by atoms with Crippen molar-refractivity contribution in [1.29, 1.82) is 0 Å². The molecule has 0 amide bonds. The Balaban J connectivity index is 2.15. The zero-order valence-electron chi connectivity index (χ0n) is 11.6. The molecule has 0 saturated carbocycles. The van der Waals surface area contributed by atoms with E-state index in [2.05, 4.69) is 5.16 Å². The summed E-state index contributed by atoms with van der Waals surface area (Å²) in [6.45, 7) is 5.34. The Bertz CT molecular complexity index is 666. The van der Waals surface area contributed by atoms with Crippen LogP contribution in [0.15, 0.2) is 52.7 Å². The summed E-state index contributed by atoms with van der Waals surface area (Å²) < 4.78 is 0. The molecule has 0 atom stereocenters. The quantitative estimate of drug-likeness (QED) is 0.471. The number of carbonyl (C=O) groups excluding carboxylic acids is 2. The number of ketones is 1. The maximum atomic E-state index is 11.9. The van der Waals surface area contributed by atoms with Crippen LogP contribution in [0.5, 0.6) is 0 Å². The van der Waals surface area contributed by atoms with Crippen molar-refractivity contribution >= 4 is 17.5 Å². The zero-order chi connectivity index (χ0) is 14.7. The van der Waals surface area contributed by atoms with Gasteiger partial charge in [-0.05, 0) is 56.2 Å². The highest BCUT2D eigenvalue weighted by Crippen LogP contribution is 2.13. The van der Waals surface area contributed by atoms with Gasteiger partial charge in [0.25, 0.3) is 0 Å². The molecule has 1 aliphatic carbocycles. The van der Waals surface area contributed by atoms with Crippen molar-refractivity contribution in [2.75, 3.05) is 0 Å². The minimum absolute atomic E-state index is 0.0496. The minimum atomic E-state index is -0.517. The predicted octanol–water partition coefficient (Wildman–Crippen LogP) is 2.98. The van der Waals surface area contributed by atoms with E-state index >= 15 is 0 Å². The first-order valence-electron chi connectivity index (χ1n) is 6.24. The van der Waals surface area contributed by atoms with Crippen molar-refractivity contribution in [3.8, 4) is 0 Å². The van der Waals surface area contributed by atoms with Crippen LogP contribution >= 0.6 is 0 Å². The van der Waals surface area contributed by atoms with Crippen molar-refractivity contribution in [2.45, 2.75) is 20.8 Å². The summed E-state index contributed by atoms with van der Waals surface area (Å²) in [5.74, 6) is -0.566. The monoisotopic (exact) mass is 269 g/mol. The highest BCUT2D eigenvalue weighted by molar-refractivity contribution is 6.21. The van der Waals surface area contributed by atoms with Crippen LogP contribution in [0, 0.1) is 6.92 Å². The highest BCUT2D eigenvalue weighted by atomic mass is 16.7. The lowest BCUT2D eigenvalue weighted by molar-refractivity contribution is -0.111. The third kappa shape index (κ3) is 3.09. The predicted molar refractivity (Wildman–Crippen MR) is 76.6 cm³/mol. The Kier molecular flexibility index (Phi) is 3.94. The molecule has 0 N–H and O–H groups in total. The van der Waals surface area contributed by atoms with E-state index in [0.29, 0.717) is 22.4 Å². The van der Waals surface area contributed by atoms with Crippen LogP contribution in [-0.4, -0.2) is 17.5 Å². The molecule has 20 heavy (non-hydrogen) atoms. The van der Waals surface area contributed by atoms with Gasteiger partial charge in [-0.3, -0.25) is 4.79 Å². The number of aryl methyl sites for hydroxylation is 1. The minimum Gasteiger partial charge on any atom is -0.312 e. The fourth-order valence-electron chi connectivity index (χ4n) is 1.79. The van der Waals surface area contributed by atoms with Gasteiger partial charge in [-0.25, -0.2) is 4.79 Å². The molecule has 102 valence electrons. The van der Waals surface area contributed by atoms with Crippen LogP contribution in [0.25, 0.3) is 0 Å². The second-order valence-corrected chi connectivity index (χ2v) is 4.74. The molecule has 4 heteroatoms. The number of rotatable bonds is 2. The maximum Gasteiger partial charge on any atom is 0.365 e.